The van der Waals surface area contributed by atoms with E-state index in [0.717, 1.165) is 18.8 Å². The number of aliphatic hydroxyl groups excluding tert-OH is 1. The van der Waals surface area contributed by atoms with Gasteiger partial charge in [-0.3, -0.25) is 0 Å². The molecule has 4 heteroatoms. The van der Waals surface area contributed by atoms with Gasteiger partial charge in [-0.05, 0) is 12.2 Å². The SMILES string of the molecule is COCCOCCCSC(C)CO. The Hall–Kier alpha value is 0.230. The Morgan fingerprint density at radius 3 is 2.69 bits per heavy atom. The maximum absolute atomic E-state index is 8.74. The summed E-state index contributed by atoms with van der Waals surface area (Å²) in [6.07, 6.45) is 1.04. The van der Waals surface area contributed by atoms with Crippen LogP contribution >= 0.6 is 11.8 Å². The van der Waals surface area contributed by atoms with Crippen LogP contribution in [0.1, 0.15) is 13.3 Å². The monoisotopic (exact) mass is 208 g/mol. The Bertz CT molecular complexity index is 101. The number of ether oxygens (including phenoxy) is 2. The maximum Gasteiger partial charge on any atom is 0.0700 e. The predicted octanol–water partition coefficient (Wildman–Crippen LogP) is 1.15. The fourth-order valence-electron chi connectivity index (χ4n) is 0.743. The van der Waals surface area contributed by atoms with Crippen LogP contribution in [0.25, 0.3) is 0 Å². The number of methoxy groups -OCH3 is 1. The zero-order chi connectivity index (χ0) is 9.94. The third-order valence-corrected chi connectivity index (χ3v) is 2.77. The van der Waals surface area contributed by atoms with Crippen molar-refractivity contribution >= 4 is 11.8 Å². The van der Waals surface area contributed by atoms with Gasteiger partial charge in [0, 0.05) is 19.0 Å². The van der Waals surface area contributed by atoms with Crippen molar-refractivity contribution in [3.05, 3.63) is 0 Å². The Morgan fingerprint density at radius 1 is 1.31 bits per heavy atom. The third-order valence-electron chi connectivity index (χ3n) is 1.52. The molecule has 0 rings (SSSR count). The number of thioether (sulfide) groups is 1. The van der Waals surface area contributed by atoms with Gasteiger partial charge in [0.25, 0.3) is 0 Å². The summed E-state index contributed by atoms with van der Waals surface area (Å²) >= 11 is 1.78. The summed E-state index contributed by atoms with van der Waals surface area (Å²) in [4.78, 5) is 0. The largest absolute Gasteiger partial charge is 0.395 e. The van der Waals surface area contributed by atoms with Crippen LogP contribution in [-0.2, 0) is 9.47 Å². The molecule has 0 saturated heterocycles. The lowest BCUT2D eigenvalue weighted by Gasteiger charge is -2.07. The first-order chi connectivity index (χ1) is 6.31. The van der Waals surface area contributed by atoms with Crippen LogP contribution in [0.15, 0.2) is 0 Å². The maximum atomic E-state index is 8.74. The number of aliphatic hydroxyl groups is 1. The van der Waals surface area contributed by atoms with E-state index in [-0.39, 0.29) is 6.61 Å². The second kappa shape index (κ2) is 10.3. The van der Waals surface area contributed by atoms with E-state index in [2.05, 4.69) is 0 Å². The molecule has 0 saturated carbocycles. The molecule has 1 atom stereocenters. The highest BCUT2D eigenvalue weighted by atomic mass is 32.2. The smallest absolute Gasteiger partial charge is 0.0700 e. The standard InChI is InChI=1S/C9H20O3S/c1-9(8-10)13-7-3-4-12-6-5-11-2/h9-10H,3-8H2,1-2H3. The van der Waals surface area contributed by atoms with Gasteiger partial charge in [0.2, 0.25) is 0 Å². The molecule has 80 valence electrons. The van der Waals surface area contributed by atoms with Crippen molar-refractivity contribution in [1.29, 1.82) is 0 Å². The van der Waals surface area contributed by atoms with Gasteiger partial charge in [-0.2, -0.15) is 11.8 Å². The van der Waals surface area contributed by atoms with Gasteiger partial charge >= 0.3 is 0 Å². The Kier molecular flexibility index (Phi) is 10.5. The molecule has 0 fully saturated rings. The van der Waals surface area contributed by atoms with Gasteiger partial charge in [-0.15, -0.1) is 0 Å². The fourth-order valence-corrected chi connectivity index (χ4v) is 1.53. The highest BCUT2D eigenvalue weighted by Crippen LogP contribution is 2.10. The van der Waals surface area contributed by atoms with Gasteiger partial charge in [0.05, 0.1) is 19.8 Å². The van der Waals surface area contributed by atoms with E-state index < -0.39 is 0 Å². The average Bonchev–Trinajstić information content (AvgIpc) is 2.16. The zero-order valence-corrected chi connectivity index (χ0v) is 9.31. The van der Waals surface area contributed by atoms with Gasteiger partial charge in [-0.1, -0.05) is 6.92 Å². The van der Waals surface area contributed by atoms with Crippen molar-refractivity contribution in [2.45, 2.75) is 18.6 Å². The summed E-state index contributed by atoms with van der Waals surface area (Å²) < 4.78 is 10.1. The lowest BCUT2D eigenvalue weighted by molar-refractivity contribution is 0.0713. The second-order valence-corrected chi connectivity index (χ2v) is 4.37. The Morgan fingerprint density at radius 2 is 2.08 bits per heavy atom. The lowest BCUT2D eigenvalue weighted by Crippen LogP contribution is -2.06. The first kappa shape index (κ1) is 13.2. The average molecular weight is 208 g/mol. The van der Waals surface area contributed by atoms with Crippen LogP contribution in [0.4, 0.5) is 0 Å². The van der Waals surface area contributed by atoms with Gasteiger partial charge in [0.1, 0.15) is 0 Å². The highest BCUT2D eigenvalue weighted by Gasteiger charge is 1.98. The quantitative estimate of drug-likeness (QED) is 0.577. The van der Waals surface area contributed by atoms with Crippen molar-refractivity contribution in [3.63, 3.8) is 0 Å². The minimum atomic E-state index is 0.259. The number of hydrogen-bond donors (Lipinski definition) is 1. The molecule has 0 aromatic heterocycles. The molecule has 0 aliphatic heterocycles. The van der Waals surface area contributed by atoms with Crippen LogP contribution in [0, 0.1) is 0 Å². The third kappa shape index (κ3) is 10.1. The van der Waals surface area contributed by atoms with Crippen LogP contribution in [0.2, 0.25) is 0 Å². The van der Waals surface area contributed by atoms with Crippen molar-refractivity contribution < 1.29 is 14.6 Å². The van der Waals surface area contributed by atoms with E-state index in [1.807, 2.05) is 6.92 Å². The molecular weight excluding hydrogens is 188 g/mol. The van der Waals surface area contributed by atoms with Crippen molar-refractivity contribution in [3.8, 4) is 0 Å². The molecular formula is C9H20O3S. The molecule has 0 heterocycles. The van der Waals surface area contributed by atoms with Crippen molar-refractivity contribution in [2.24, 2.45) is 0 Å². The molecule has 0 aliphatic rings. The highest BCUT2D eigenvalue weighted by molar-refractivity contribution is 7.99. The summed E-state index contributed by atoms with van der Waals surface area (Å²) in [5, 5.41) is 9.09. The van der Waals surface area contributed by atoms with E-state index in [4.69, 9.17) is 14.6 Å². The molecule has 3 nitrogen and oxygen atoms in total. The predicted molar refractivity (Wildman–Crippen MR) is 56.3 cm³/mol. The fraction of sp³-hybridized carbons (Fsp3) is 1.00. The van der Waals surface area contributed by atoms with Crippen LogP contribution < -0.4 is 0 Å². The molecule has 0 bridgehead atoms. The van der Waals surface area contributed by atoms with Gasteiger partial charge in [-0.25, -0.2) is 0 Å². The van der Waals surface area contributed by atoms with E-state index in [0.29, 0.717) is 18.5 Å². The van der Waals surface area contributed by atoms with E-state index in [1.165, 1.54) is 0 Å². The summed E-state index contributed by atoms with van der Waals surface area (Å²) in [6.45, 7) is 4.41. The summed E-state index contributed by atoms with van der Waals surface area (Å²) in [7, 11) is 1.67. The molecule has 0 amide bonds. The van der Waals surface area contributed by atoms with Gasteiger partial charge < -0.3 is 14.6 Å². The molecule has 0 radical (unpaired) electrons. The summed E-state index contributed by atoms with van der Waals surface area (Å²) in [5.41, 5.74) is 0. The zero-order valence-electron chi connectivity index (χ0n) is 8.49. The lowest BCUT2D eigenvalue weighted by atomic mass is 10.5. The molecule has 1 N–H and O–H groups in total. The van der Waals surface area contributed by atoms with E-state index in [1.54, 1.807) is 18.9 Å². The molecule has 0 aromatic rings. The molecule has 0 aromatic carbocycles. The Labute approximate surface area is 84.8 Å². The number of rotatable bonds is 9. The van der Waals surface area contributed by atoms with Gasteiger partial charge in [0.15, 0.2) is 0 Å². The summed E-state index contributed by atoms with van der Waals surface area (Å²) in [6, 6.07) is 0. The Balaban J connectivity index is 2.91. The topological polar surface area (TPSA) is 38.7 Å². The first-order valence-electron chi connectivity index (χ1n) is 4.60. The normalized spacial score (nSPS) is 13.2. The van der Waals surface area contributed by atoms with E-state index in [9.17, 15) is 0 Å². The molecule has 1 unspecified atom stereocenters. The second-order valence-electron chi connectivity index (χ2n) is 2.82. The van der Waals surface area contributed by atoms with Crippen LogP contribution in [0.5, 0.6) is 0 Å². The minimum absolute atomic E-state index is 0.259. The molecule has 0 aliphatic carbocycles. The molecule has 13 heavy (non-hydrogen) atoms. The minimum Gasteiger partial charge on any atom is -0.395 e. The van der Waals surface area contributed by atoms with Crippen LogP contribution in [0.3, 0.4) is 0 Å². The van der Waals surface area contributed by atoms with Crippen molar-refractivity contribution in [1.82, 2.24) is 0 Å². The summed E-state index contributed by atoms with van der Waals surface area (Å²) in [5.74, 6) is 1.05. The number of hydrogen-bond acceptors (Lipinski definition) is 4. The van der Waals surface area contributed by atoms with Crippen LogP contribution in [-0.4, -0.2) is 49.6 Å². The first-order valence-corrected chi connectivity index (χ1v) is 5.65. The molecule has 0 spiro atoms. The van der Waals surface area contributed by atoms with Crippen molar-refractivity contribution in [2.75, 3.05) is 39.3 Å². The van der Waals surface area contributed by atoms with E-state index >= 15 is 0 Å².